The molecule has 0 radical (unpaired) electrons. The third-order valence-corrected chi connectivity index (χ3v) is 3.31. The average Bonchev–Trinajstić information content (AvgIpc) is 2.72. The number of carbonyl (C=O) groups is 1. The van der Waals surface area contributed by atoms with Crippen LogP contribution in [-0.4, -0.2) is 24.4 Å². The van der Waals surface area contributed by atoms with Gasteiger partial charge in [-0.15, -0.1) is 0 Å². The summed E-state index contributed by atoms with van der Waals surface area (Å²) >= 11 is 0. The first kappa shape index (κ1) is 14.8. The number of amides is 1. The fraction of sp³-hybridized carbons (Fsp3) is 0.643. The fourth-order valence-electron chi connectivity index (χ4n) is 1.91. The van der Waals surface area contributed by atoms with E-state index < -0.39 is 0 Å². The van der Waals surface area contributed by atoms with Gasteiger partial charge < -0.3 is 15.1 Å². The van der Waals surface area contributed by atoms with Gasteiger partial charge in [-0.2, -0.15) is 0 Å². The molecule has 0 spiro atoms. The van der Waals surface area contributed by atoms with Gasteiger partial charge in [-0.3, -0.25) is 4.79 Å². The van der Waals surface area contributed by atoms with Crippen LogP contribution < -0.4 is 5.73 Å². The molecular formula is C14H24N2O2. The van der Waals surface area contributed by atoms with E-state index in [2.05, 4.69) is 6.92 Å². The molecule has 0 fully saturated rings. The molecule has 1 amide bonds. The first-order valence-electron chi connectivity index (χ1n) is 6.51. The van der Waals surface area contributed by atoms with Crippen LogP contribution in [-0.2, 0) is 11.3 Å². The molecular weight excluding hydrogens is 228 g/mol. The topological polar surface area (TPSA) is 59.5 Å². The van der Waals surface area contributed by atoms with E-state index >= 15 is 0 Å². The molecule has 0 bridgehead atoms. The Hall–Kier alpha value is -1.29. The van der Waals surface area contributed by atoms with Crippen LogP contribution in [0.25, 0.3) is 0 Å². The molecule has 4 nitrogen and oxygen atoms in total. The van der Waals surface area contributed by atoms with E-state index in [0.717, 1.165) is 24.2 Å². The van der Waals surface area contributed by atoms with Gasteiger partial charge in [0.15, 0.2) is 0 Å². The van der Waals surface area contributed by atoms with Crippen LogP contribution in [0.5, 0.6) is 0 Å². The van der Waals surface area contributed by atoms with Crippen molar-refractivity contribution in [2.24, 2.45) is 11.7 Å². The highest BCUT2D eigenvalue weighted by Gasteiger charge is 2.13. The zero-order chi connectivity index (χ0) is 13.5. The standard InChI is InChI=1S/C14H24N2O2/c1-11(6-8-15)4-5-14(17)16(3)10-13-7-9-18-12(13)2/h7,9,11H,4-6,8,10,15H2,1-3H3. The smallest absolute Gasteiger partial charge is 0.222 e. The maximum Gasteiger partial charge on any atom is 0.222 e. The van der Waals surface area contributed by atoms with Gasteiger partial charge >= 0.3 is 0 Å². The highest BCUT2D eigenvalue weighted by Crippen LogP contribution is 2.14. The minimum Gasteiger partial charge on any atom is -0.469 e. The van der Waals surface area contributed by atoms with E-state index in [0.29, 0.717) is 25.4 Å². The monoisotopic (exact) mass is 252 g/mol. The Kier molecular flexibility index (Phi) is 5.92. The minimum atomic E-state index is 0.180. The number of hydrogen-bond acceptors (Lipinski definition) is 3. The molecule has 18 heavy (non-hydrogen) atoms. The van der Waals surface area contributed by atoms with Crippen molar-refractivity contribution >= 4 is 5.91 Å². The van der Waals surface area contributed by atoms with Crippen molar-refractivity contribution in [3.63, 3.8) is 0 Å². The molecule has 1 atom stereocenters. The highest BCUT2D eigenvalue weighted by atomic mass is 16.3. The molecule has 1 heterocycles. The van der Waals surface area contributed by atoms with Gasteiger partial charge in [0.1, 0.15) is 5.76 Å². The molecule has 0 aliphatic carbocycles. The van der Waals surface area contributed by atoms with Gasteiger partial charge in [-0.1, -0.05) is 6.92 Å². The first-order valence-corrected chi connectivity index (χ1v) is 6.51. The molecule has 0 saturated carbocycles. The second kappa shape index (κ2) is 7.21. The number of carbonyl (C=O) groups excluding carboxylic acids is 1. The Morgan fingerprint density at radius 1 is 1.50 bits per heavy atom. The largest absolute Gasteiger partial charge is 0.469 e. The summed E-state index contributed by atoms with van der Waals surface area (Å²) in [5, 5.41) is 0. The van der Waals surface area contributed by atoms with Gasteiger partial charge in [-0.05, 0) is 38.3 Å². The summed E-state index contributed by atoms with van der Waals surface area (Å²) in [7, 11) is 1.84. The maximum absolute atomic E-state index is 12.0. The summed E-state index contributed by atoms with van der Waals surface area (Å²) in [6.45, 7) is 5.36. The Balaban J connectivity index is 2.35. The van der Waals surface area contributed by atoms with Gasteiger partial charge in [0.25, 0.3) is 0 Å². The van der Waals surface area contributed by atoms with E-state index in [1.165, 1.54) is 0 Å². The van der Waals surface area contributed by atoms with Crippen molar-refractivity contribution in [1.29, 1.82) is 0 Å². The number of aryl methyl sites for hydroxylation is 1. The predicted molar refractivity (Wildman–Crippen MR) is 72.0 cm³/mol. The number of nitrogens with two attached hydrogens (primary N) is 1. The van der Waals surface area contributed by atoms with Gasteiger partial charge in [0.05, 0.1) is 6.26 Å². The van der Waals surface area contributed by atoms with Crippen LogP contribution >= 0.6 is 0 Å². The number of hydrogen-bond donors (Lipinski definition) is 1. The van der Waals surface area contributed by atoms with Gasteiger partial charge in [0, 0.05) is 25.6 Å². The lowest BCUT2D eigenvalue weighted by atomic mass is 10.0. The van der Waals surface area contributed by atoms with Gasteiger partial charge in [0.2, 0.25) is 5.91 Å². The molecule has 4 heteroatoms. The summed E-state index contributed by atoms with van der Waals surface area (Å²) in [6, 6.07) is 1.91. The normalized spacial score (nSPS) is 12.4. The van der Waals surface area contributed by atoms with Crippen LogP contribution in [0.3, 0.4) is 0 Å². The molecule has 2 N–H and O–H groups in total. The maximum atomic E-state index is 12.0. The van der Waals surface area contributed by atoms with E-state index in [1.807, 2.05) is 20.0 Å². The Labute approximate surface area is 109 Å². The van der Waals surface area contributed by atoms with E-state index in [1.54, 1.807) is 11.2 Å². The quantitative estimate of drug-likeness (QED) is 0.810. The van der Waals surface area contributed by atoms with E-state index in [4.69, 9.17) is 10.2 Å². The molecule has 102 valence electrons. The summed E-state index contributed by atoms with van der Waals surface area (Å²) < 4.78 is 5.22. The fourth-order valence-corrected chi connectivity index (χ4v) is 1.91. The number of nitrogens with zero attached hydrogens (tertiary/aromatic N) is 1. The second-order valence-corrected chi connectivity index (χ2v) is 4.97. The molecule has 1 unspecified atom stereocenters. The summed E-state index contributed by atoms with van der Waals surface area (Å²) in [6.07, 6.45) is 4.14. The zero-order valence-electron chi connectivity index (χ0n) is 11.6. The van der Waals surface area contributed by atoms with Crippen LogP contribution in [0.1, 0.15) is 37.5 Å². The Bertz CT molecular complexity index is 374. The summed E-state index contributed by atoms with van der Waals surface area (Å²) in [5.74, 6) is 1.58. The lowest BCUT2D eigenvalue weighted by Crippen LogP contribution is -2.26. The Morgan fingerprint density at radius 3 is 2.78 bits per heavy atom. The highest BCUT2D eigenvalue weighted by molar-refractivity contribution is 5.75. The Morgan fingerprint density at radius 2 is 2.22 bits per heavy atom. The van der Waals surface area contributed by atoms with Crippen molar-refractivity contribution in [1.82, 2.24) is 4.90 Å². The number of rotatable bonds is 7. The third-order valence-electron chi connectivity index (χ3n) is 3.31. The summed E-state index contributed by atoms with van der Waals surface area (Å²) in [5.41, 5.74) is 6.57. The van der Waals surface area contributed by atoms with Crippen LogP contribution in [0.15, 0.2) is 16.7 Å². The van der Waals surface area contributed by atoms with Crippen molar-refractivity contribution in [3.05, 3.63) is 23.7 Å². The SMILES string of the molecule is Cc1occc1CN(C)C(=O)CCC(C)CCN. The molecule has 1 aromatic heterocycles. The minimum absolute atomic E-state index is 0.180. The molecule has 1 rings (SSSR count). The molecule has 0 saturated heterocycles. The van der Waals surface area contributed by atoms with Crippen LogP contribution in [0, 0.1) is 12.8 Å². The van der Waals surface area contributed by atoms with Crippen LogP contribution in [0.4, 0.5) is 0 Å². The van der Waals surface area contributed by atoms with Gasteiger partial charge in [-0.25, -0.2) is 0 Å². The molecule has 1 aromatic rings. The number of furan rings is 1. The van der Waals surface area contributed by atoms with Crippen molar-refractivity contribution in [3.8, 4) is 0 Å². The molecule has 0 aliphatic rings. The zero-order valence-corrected chi connectivity index (χ0v) is 11.6. The lowest BCUT2D eigenvalue weighted by Gasteiger charge is -2.18. The molecule has 0 aromatic carbocycles. The van der Waals surface area contributed by atoms with Crippen molar-refractivity contribution in [2.45, 2.75) is 39.7 Å². The van der Waals surface area contributed by atoms with Crippen molar-refractivity contribution in [2.75, 3.05) is 13.6 Å². The molecule has 0 aliphatic heterocycles. The predicted octanol–water partition coefficient (Wildman–Crippen LogP) is 2.31. The van der Waals surface area contributed by atoms with Crippen LogP contribution in [0.2, 0.25) is 0 Å². The van der Waals surface area contributed by atoms with E-state index in [-0.39, 0.29) is 5.91 Å². The van der Waals surface area contributed by atoms with E-state index in [9.17, 15) is 4.79 Å². The first-order chi connectivity index (χ1) is 8.54. The second-order valence-electron chi connectivity index (χ2n) is 4.97. The lowest BCUT2D eigenvalue weighted by molar-refractivity contribution is -0.130. The summed E-state index contributed by atoms with van der Waals surface area (Å²) in [4.78, 5) is 13.7. The van der Waals surface area contributed by atoms with Crippen molar-refractivity contribution < 1.29 is 9.21 Å². The average molecular weight is 252 g/mol. The third kappa shape index (κ3) is 4.53.